The summed E-state index contributed by atoms with van der Waals surface area (Å²) in [6.07, 6.45) is 6.82. The Balaban J connectivity index is 1.18. The first kappa shape index (κ1) is 24.8. The van der Waals surface area contributed by atoms with Gasteiger partial charge < -0.3 is 15.1 Å². The Morgan fingerprint density at radius 3 is 2.62 bits per heavy atom. The van der Waals surface area contributed by atoms with Crippen molar-refractivity contribution in [3.63, 3.8) is 0 Å². The van der Waals surface area contributed by atoms with Crippen molar-refractivity contribution >= 4 is 23.2 Å². The van der Waals surface area contributed by atoms with Crippen molar-refractivity contribution in [3.8, 4) is 0 Å². The van der Waals surface area contributed by atoms with Gasteiger partial charge in [-0.2, -0.15) is 0 Å². The summed E-state index contributed by atoms with van der Waals surface area (Å²) < 4.78 is 13.1. The molecule has 8 heteroatoms. The van der Waals surface area contributed by atoms with Crippen molar-refractivity contribution in [2.75, 3.05) is 32.7 Å². The fraction of sp³-hybridized carbons (Fsp3) is 0.577. The number of rotatable bonds is 8. The lowest BCUT2D eigenvalue weighted by Gasteiger charge is -2.33. The molecule has 2 aliphatic rings. The third kappa shape index (κ3) is 6.63. The number of nitrogens with zero attached hydrogens (tertiary/aromatic N) is 3. The highest BCUT2D eigenvalue weighted by molar-refractivity contribution is 7.09. The third-order valence-electron chi connectivity index (χ3n) is 7.07. The van der Waals surface area contributed by atoms with E-state index in [1.807, 2.05) is 10.3 Å². The lowest BCUT2D eigenvalue weighted by atomic mass is 9.97. The lowest BCUT2D eigenvalue weighted by Crippen LogP contribution is -2.39. The number of thiazole rings is 1. The van der Waals surface area contributed by atoms with Crippen molar-refractivity contribution in [2.24, 2.45) is 0 Å². The molecule has 2 amide bonds. The van der Waals surface area contributed by atoms with Gasteiger partial charge in [0, 0.05) is 43.5 Å². The molecule has 0 bridgehead atoms. The Labute approximate surface area is 205 Å². The minimum absolute atomic E-state index is 0.0724. The normalized spacial score (nSPS) is 19.8. The molecule has 2 saturated heterocycles. The largest absolute Gasteiger partial charge is 0.351 e. The molecule has 1 N–H and O–H groups in total. The average molecular weight is 487 g/mol. The van der Waals surface area contributed by atoms with Crippen LogP contribution >= 0.6 is 11.3 Å². The quantitative estimate of drug-likeness (QED) is 0.568. The molecule has 34 heavy (non-hydrogen) atoms. The van der Waals surface area contributed by atoms with E-state index in [1.165, 1.54) is 37.9 Å². The van der Waals surface area contributed by atoms with Crippen LogP contribution in [0.25, 0.3) is 0 Å². The van der Waals surface area contributed by atoms with Gasteiger partial charge in [0.15, 0.2) is 0 Å². The standard InChI is InChI=1S/C26H35FN4O2S/c1-19-5-2-3-13-30(19)14-4-12-28-25(33)23-18-34-26(29-23)21-10-15-31(16-11-21)24(32)17-20-6-8-22(27)9-7-20/h6-9,18-19,21H,2-5,10-17H2,1H3,(H,28,33). The predicted octanol–water partition coefficient (Wildman–Crippen LogP) is 4.23. The Bertz CT molecular complexity index is 956. The van der Waals surface area contributed by atoms with Gasteiger partial charge >= 0.3 is 0 Å². The summed E-state index contributed by atoms with van der Waals surface area (Å²) >= 11 is 1.54. The van der Waals surface area contributed by atoms with Crippen molar-refractivity contribution in [3.05, 3.63) is 51.7 Å². The molecule has 1 aromatic heterocycles. The zero-order valence-corrected chi connectivity index (χ0v) is 20.8. The van der Waals surface area contributed by atoms with Gasteiger partial charge in [-0.15, -0.1) is 11.3 Å². The van der Waals surface area contributed by atoms with Gasteiger partial charge in [-0.1, -0.05) is 18.6 Å². The summed E-state index contributed by atoms with van der Waals surface area (Å²) in [7, 11) is 0. The smallest absolute Gasteiger partial charge is 0.270 e. The van der Waals surface area contributed by atoms with Gasteiger partial charge in [-0.25, -0.2) is 9.37 Å². The van der Waals surface area contributed by atoms with Crippen molar-refractivity contribution in [1.82, 2.24) is 20.1 Å². The molecule has 2 aliphatic heterocycles. The molecule has 4 rings (SSSR count). The number of halogens is 1. The number of benzene rings is 1. The summed E-state index contributed by atoms with van der Waals surface area (Å²) in [6, 6.07) is 6.75. The molecule has 1 atom stereocenters. The first-order valence-electron chi connectivity index (χ1n) is 12.5. The second-order valence-electron chi connectivity index (χ2n) is 9.52. The maximum absolute atomic E-state index is 13.1. The van der Waals surface area contributed by atoms with Gasteiger partial charge in [0.25, 0.3) is 5.91 Å². The van der Waals surface area contributed by atoms with E-state index >= 15 is 0 Å². The number of amides is 2. The van der Waals surface area contributed by atoms with E-state index in [-0.39, 0.29) is 23.5 Å². The van der Waals surface area contributed by atoms with E-state index in [9.17, 15) is 14.0 Å². The zero-order valence-electron chi connectivity index (χ0n) is 20.0. The molecule has 1 aromatic carbocycles. The molecule has 1 unspecified atom stereocenters. The van der Waals surface area contributed by atoms with E-state index in [2.05, 4.69) is 22.1 Å². The van der Waals surface area contributed by atoms with Crippen LogP contribution in [0.4, 0.5) is 4.39 Å². The van der Waals surface area contributed by atoms with E-state index in [0.29, 0.717) is 37.8 Å². The third-order valence-corrected chi connectivity index (χ3v) is 8.08. The van der Waals surface area contributed by atoms with Crippen molar-refractivity contribution < 1.29 is 14.0 Å². The molecule has 0 radical (unpaired) electrons. The molecule has 3 heterocycles. The zero-order chi connectivity index (χ0) is 23.9. The van der Waals surface area contributed by atoms with E-state index < -0.39 is 0 Å². The Morgan fingerprint density at radius 1 is 1.12 bits per heavy atom. The number of carbonyl (C=O) groups is 2. The summed E-state index contributed by atoms with van der Waals surface area (Å²) in [5, 5.41) is 5.86. The molecule has 0 spiro atoms. The Hall–Kier alpha value is -2.32. The van der Waals surface area contributed by atoms with Crippen LogP contribution in [-0.4, -0.2) is 65.4 Å². The molecule has 2 fully saturated rings. The van der Waals surface area contributed by atoms with Crippen LogP contribution in [0.5, 0.6) is 0 Å². The molecule has 6 nitrogen and oxygen atoms in total. The minimum Gasteiger partial charge on any atom is -0.351 e. The fourth-order valence-corrected chi connectivity index (χ4v) is 5.88. The van der Waals surface area contributed by atoms with Crippen LogP contribution in [0.15, 0.2) is 29.6 Å². The highest BCUT2D eigenvalue weighted by Gasteiger charge is 2.26. The van der Waals surface area contributed by atoms with Crippen LogP contribution < -0.4 is 5.32 Å². The van der Waals surface area contributed by atoms with Crippen LogP contribution in [-0.2, 0) is 11.2 Å². The van der Waals surface area contributed by atoms with Gasteiger partial charge in [-0.3, -0.25) is 9.59 Å². The van der Waals surface area contributed by atoms with E-state index in [1.54, 1.807) is 23.5 Å². The van der Waals surface area contributed by atoms with Gasteiger partial charge in [0.2, 0.25) is 5.91 Å². The molecular weight excluding hydrogens is 451 g/mol. The van der Waals surface area contributed by atoms with Gasteiger partial charge in [-0.05, 0) is 63.3 Å². The molecule has 0 aliphatic carbocycles. The van der Waals surface area contributed by atoms with E-state index in [0.717, 1.165) is 36.4 Å². The topological polar surface area (TPSA) is 65.5 Å². The predicted molar refractivity (Wildman–Crippen MR) is 133 cm³/mol. The number of hydrogen-bond donors (Lipinski definition) is 1. The number of likely N-dealkylation sites (tertiary alicyclic amines) is 2. The van der Waals surface area contributed by atoms with Crippen molar-refractivity contribution in [1.29, 1.82) is 0 Å². The summed E-state index contributed by atoms with van der Waals surface area (Å²) in [5.41, 5.74) is 1.33. The molecule has 2 aromatic rings. The number of nitrogens with one attached hydrogen (secondary N) is 1. The first-order chi connectivity index (χ1) is 16.5. The number of aromatic nitrogens is 1. The average Bonchev–Trinajstić information content (AvgIpc) is 3.35. The highest BCUT2D eigenvalue weighted by atomic mass is 32.1. The molecule has 0 saturated carbocycles. The number of hydrogen-bond acceptors (Lipinski definition) is 5. The Morgan fingerprint density at radius 2 is 1.88 bits per heavy atom. The first-order valence-corrected chi connectivity index (χ1v) is 13.4. The molecule has 184 valence electrons. The van der Waals surface area contributed by atoms with Crippen molar-refractivity contribution in [2.45, 2.75) is 63.8 Å². The second-order valence-corrected chi connectivity index (χ2v) is 10.4. The van der Waals surface area contributed by atoms with Crippen LogP contribution in [0.2, 0.25) is 0 Å². The molecular formula is C26H35FN4O2S. The lowest BCUT2D eigenvalue weighted by molar-refractivity contribution is -0.131. The monoisotopic (exact) mass is 486 g/mol. The second kappa shape index (κ2) is 11.9. The van der Waals surface area contributed by atoms with E-state index in [4.69, 9.17) is 0 Å². The minimum atomic E-state index is -0.291. The van der Waals surface area contributed by atoms with Crippen LogP contribution in [0.1, 0.15) is 72.4 Å². The van der Waals surface area contributed by atoms with Gasteiger partial charge in [0.05, 0.1) is 11.4 Å². The van der Waals surface area contributed by atoms with Crippen LogP contribution in [0, 0.1) is 5.82 Å². The maximum atomic E-state index is 13.1. The summed E-state index contributed by atoms with van der Waals surface area (Å²) in [4.78, 5) is 34.1. The maximum Gasteiger partial charge on any atom is 0.270 e. The number of piperidine rings is 2. The number of carbonyl (C=O) groups excluding carboxylic acids is 2. The SMILES string of the molecule is CC1CCCCN1CCCNC(=O)c1csc(C2CCN(C(=O)Cc3ccc(F)cc3)CC2)n1. The highest BCUT2D eigenvalue weighted by Crippen LogP contribution is 2.30. The summed E-state index contributed by atoms with van der Waals surface area (Å²) in [5.74, 6) is -0.0353. The summed E-state index contributed by atoms with van der Waals surface area (Å²) in [6.45, 7) is 6.52. The van der Waals surface area contributed by atoms with Gasteiger partial charge in [0.1, 0.15) is 11.5 Å². The Kier molecular flexibility index (Phi) is 8.67. The van der Waals surface area contributed by atoms with Crippen LogP contribution in [0.3, 0.4) is 0 Å². The fourth-order valence-electron chi connectivity index (χ4n) is 4.91.